The molecular formula is C12H17NO3S. The Labute approximate surface area is 102 Å². The fourth-order valence-electron chi connectivity index (χ4n) is 2.18. The molecule has 1 aliphatic carbocycles. The van der Waals surface area contributed by atoms with Crippen molar-refractivity contribution in [1.29, 1.82) is 0 Å². The van der Waals surface area contributed by atoms with Gasteiger partial charge in [-0.15, -0.1) is 0 Å². The van der Waals surface area contributed by atoms with Gasteiger partial charge in [0, 0.05) is 6.04 Å². The molecule has 1 aromatic carbocycles. The highest BCUT2D eigenvalue weighted by Crippen LogP contribution is 2.28. The van der Waals surface area contributed by atoms with Gasteiger partial charge in [-0.05, 0) is 30.4 Å². The Morgan fingerprint density at radius 3 is 2.59 bits per heavy atom. The molecule has 1 saturated carbocycles. The van der Waals surface area contributed by atoms with Crippen molar-refractivity contribution in [1.82, 2.24) is 4.72 Å². The normalized spacial score (nSPS) is 24.4. The van der Waals surface area contributed by atoms with Gasteiger partial charge in [0.05, 0.1) is 11.5 Å². The lowest BCUT2D eigenvalue weighted by atomic mass is 9.83. The maximum atomic E-state index is 12.1. The minimum atomic E-state index is -3.50. The van der Waals surface area contributed by atoms with Crippen LogP contribution < -0.4 is 4.72 Å². The molecule has 0 heterocycles. The molecule has 0 amide bonds. The Hall–Kier alpha value is -0.910. The number of benzene rings is 1. The van der Waals surface area contributed by atoms with Crippen molar-refractivity contribution in [3.8, 4) is 0 Å². The van der Waals surface area contributed by atoms with E-state index < -0.39 is 10.0 Å². The van der Waals surface area contributed by atoms with Crippen molar-refractivity contribution in [3.63, 3.8) is 0 Å². The molecule has 1 fully saturated rings. The first kappa shape index (κ1) is 12.5. The molecule has 0 radical (unpaired) electrons. The van der Waals surface area contributed by atoms with Crippen LogP contribution in [0.5, 0.6) is 0 Å². The van der Waals surface area contributed by atoms with E-state index in [9.17, 15) is 8.42 Å². The molecule has 0 spiro atoms. The predicted octanol–water partition coefficient (Wildman–Crippen LogP) is 1.26. The van der Waals surface area contributed by atoms with Gasteiger partial charge in [0.2, 0.25) is 10.0 Å². The number of aliphatic hydroxyl groups excluding tert-OH is 1. The van der Waals surface area contributed by atoms with Gasteiger partial charge in [-0.2, -0.15) is 0 Å². The lowest BCUT2D eigenvalue weighted by molar-refractivity contribution is 0.268. The van der Waals surface area contributed by atoms with Gasteiger partial charge in [0.1, 0.15) is 0 Å². The summed E-state index contributed by atoms with van der Waals surface area (Å²) in [5, 5.41) is 9.14. The van der Waals surface area contributed by atoms with Gasteiger partial charge < -0.3 is 5.11 Å². The van der Waals surface area contributed by atoms with E-state index in [1.807, 2.05) is 0 Å². The second-order valence-electron chi connectivity index (χ2n) is 4.66. The van der Waals surface area contributed by atoms with E-state index >= 15 is 0 Å². The molecule has 94 valence electrons. The molecule has 4 nitrogen and oxygen atoms in total. The summed E-state index contributed by atoms with van der Waals surface area (Å²) in [7, 11) is -3.50. The van der Waals surface area contributed by atoms with Crippen LogP contribution in [0.4, 0.5) is 0 Å². The number of rotatable bonds is 4. The molecule has 0 unspecified atom stereocenters. The molecule has 5 heteroatoms. The van der Waals surface area contributed by atoms with Gasteiger partial charge in [-0.1, -0.05) is 25.1 Å². The number of nitrogens with one attached hydrogen (secondary N) is 1. The highest BCUT2D eigenvalue weighted by Gasteiger charge is 2.30. The first-order chi connectivity index (χ1) is 8.03. The quantitative estimate of drug-likeness (QED) is 0.851. The zero-order valence-electron chi connectivity index (χ0n) is 9.76. The van der Waals surface area contributed by atoms with Crippen LogP contribution in [0.1, 0.15) is 25.3 Å². The first-order valence-electron chi connectivity index (χ1n) is 5.74. The van der Waals surface area contributed by atoms with E-state index in [-0.39, 0.29) is 17.5 Å². The highest BCUT2D eigenvalue weighted by molar-refractivity contribution is 7.89. The summed E-state index contributed by atoms with van der Waals surface area (Å²) in [6, 6.07) is 6.57. The maximum absolute atomic E-state index is 12.1. The largest absolute Gasteiger partial charge is 0.392 e. The predicted molar refractivity (Wildman–Crippen MR) is 64.9 cm³/mol. The Kier molecular flexibility index (Phi) is 3.51. The zero-order chi connectivity index (χ0) is 12.5. The van der Waals surface area contributed by atoms with Crippen molar-refractivity contribution in [2.45, 2.75) is 37.3 Å². The molecule has 0 saturated heterocycles. The fraction of sp³-hybridized carbons (Fsp3) is 0.500. The Morgan fingerprint density at radius 1 is 1.35 bits per heavy atom. The third kappa shape index (κ3) is 2.68. The molecule has 1 aliphatic rings. The first-order valence-corrected chi connectivity index (χ1v) is 7.22. The van der Waals surface area contributed by atoms with Crippen molar-refractivity contribution in [3.05, 3.63) is 29.8 Å². The van der Waals surface area contributed by atoms with Crippen molar-refractivity contribution >= 4 is 10.0 Å². The number of hydrogen-bond acceptors (Lipinski definition) is 3. The van der Waals surface area contributed by atoms with Crippen LogP contribution in [-0.2, 0) is 16.6 Å². The topological polar surface area (TPSA) is 66.4 Å². The van der Waals surface area contributed by atoms with Crippen LogP contribution in [0.15, 0.2) is 29.2 Å². The standard InChI is InChI=1S/C12H17NO3S/c1-9-6-11(7-9)13-17(15,16)12-5-3-2-4-10(12)8-14/h2-5,9,11,13-14H,6-8H2,1H3. The Bertz CT molecular complexity index is 492. The summed E-state index contributed by atoms with van der Waals surface area (Å²) in [5.74, 6) is 0.593. The lowest BCUT2D eigenvalue weighted by Crippen LogP contribution is -2.43. The molecule has 0 bridgehead atoms. The average Bonchev–Trinajstić information content (AvgIpc) is 2.26. The molecular weight excluding hydrogens is 238 g/mol. The third-order valence-electron chi connectivity index (χ3n) is 3.13. The summed E-state index contributed by atoms with van der Waals surface area (Å²) in [6.07, 6.45) is 1.78. The smallest absolute Gasteiger partial charge is 0.241 e. The van der Waals surface area contributed by atoms with E-state index in [0.29, 0.717) is 11.5 Å². The second kappa shape index (κ2) is 4.76. The Morgan fingerprint density at radius 2 is 2.00 bits per heavy atom. The van der Waals surface area contributed by atoms with Crippen molar-refractivity contribution < 1.29 is 13.5 Å². The molecule has 0 aliphatic heterocycles. The van der Waals surface area contributed by atoms with E-state index in [2.05, 4.69) is 11.6 Å². The van der Waals surface area contributed by atoms with Crippen LogP contribution in [0.2, 0.25) is 0 Å². The summed E-state index contributed by atoms with van der Waals surface area (Å²) < 4.78 is 26.9. The molecule has 2 N–H and O–H groups in total. The monoisotopic (exact) mass is 255 g/mol. The number of aliphatic hydroxyl groups is 1. The van der Waals surface area contributed by atoms with Crippen molar-refractivity contribution in [2.24, 2.45) is 5.92 Å². The summed E-state index contributed by atoms with van der Waals surface area (Å²) in [6.45, 7) is 1.84. The second-order valence-corrected chi connectivity index (χ2v) is 6.34. The lowest BCUT2D eigenvalue weighted by Gasteiger charge is -2.33. The van der Waals surface area contributed by atoms with Crippen molar-refractivity contribution in [2.75, 3.05) is 0 Å². The minimum absolute atomic E-state index is 0.0433. The molecule has 2 rings (SSSR count). The fourth-order valence-corrected chi connectivity index (χ4v) is 3.67. The van der Waals surface area contributed by atoms with Gasteiger partial charge >= 0.3 is 0 Å². The maximum Gasteiger partial charge on any atom is 0.241 e. The number of sulfonamides is 1. The van der Waals surface area contributed by atoms with Crippen LogP contribution in [0.3, 0.4) is 0 Å². The Balaban J connectivity index is 2.19. The zero-order valence-corrected chi connectivity index (χ0v) is 10.6. The molecule has 0 aromatic heterocycles. The highest BCUT2D eigenvalue weighted by atomic mass is 32.2. The van der Waals surface area contributed by atoms with Gasteiger partial charge in [0.15, 0.2) is 0 Å². The van der Waals surface area contributed by atoms with Crippen LogP contribution >= 0.6 is 0 Å². The molecule has 1 aromatic rings. The van der Waals surface area contributed by atoms with Crippen LogP contribution in [-0.4, -0.2) is 19.6 Å². The summed E-state index contributed by atoms with van der Waals surface area (Å²) in [4.78, 5) is 0.182. The SMILES string of the molecule is CC1CC(NS(=O)(=O)c2ccccc2CO)C1. The minimum Gasteiger partial charge on any atom is -0.392 e. The van der Waals surface area contributed by atoms with Crippen LogP contribution in [0.25, 0.3) is 0 Å². The van der Waals surface area contributed by atoms with E-state index in [1.165, 1.54) is 6.07 Å². The van der Waals surface area contributed by atoms with Gasteiger partial charge in [-0.3, -0.25) is 0 Å². The van der Waals surface area contributed by atoms with Crippen LogP contribution in [0, 0.1) is 5.92 Å². The van der Waals surface area contributed by atoms with E-state index in [1.54, 1.807) is 18.2 Å². The summed E-state index contributed by atoms with van der Waals surface area (Å²) >= 11 is 0. The van der Waals surface area contributed by atoms with E-state index in [4.69, 9.17) is 5.11 Å². The molecule has 17 heavy (non-hydrogen) atoms. The third-order valence-corrected chi connectivity index (χ3v) is 4.75. The average molecular weight is 255 g/mol. The molecule has 0 atom stereocenters. The van der Waals surface area contributed by atoms with E-state index in [0.717, 1.165) is 12.8 Å². The summed E-state index contributed by atoms with van der Waals surface area (Å²) in [5.41, 5.74) is 0.437. The van der Waals surface area contributed by atoms with Gasteiger partial charge in [0.25, 0.3) is 0 Å². The van der Waals surface area contributed by atoms with Gasteiger partial charge in [-0.25, -0.2) is 13.1 Å². The number of hydrogen-bond donors (Lipinski definition) is 2.